The molecule has 0 bridgehead atoms. The largest absolute Gasteiger partial charge is 0.418 e. The Morgan fingerprint density at radius 2 is 1.79 bits per heavy atom. The van der Waals surface area contributed by atoms with Crippen LogP contribution in [0.25, 0.3) is 11.1 Å². The molecule has 0 fully saturated rings. The number of hydrogen-bond acceptors (Lipinski definition) is 6. The number of aromatic amines is 1. The molecular weight excluding hydrogens is 454 g/mol. The topological polar surface area (TPSA) is 108 Å². The molecule has 3 aromatic heterocycles. The zero-order chi connectivity index (χ0) is 24.3. The molecule has 174 valence electrons. The molecule has 0 aliphatic rings. The second-order valence-electron chi connectivity index (χ2n) is 7.30. The Balaban J connectivity index is 1.43. The summed E-state index contributed by atoms with van der Waals surface area (Å²) in [4.78, 5) is 24.2. The summed E-state index contributed by atoms with van der Waals surface area (Å²) in [5, 5.41) is 11.7. The van der Waals surface area contributed by atoms with Gasteiger partial charge in [0.05, 0.1) is 35.8 Å². The maximum Gasteiger partial charge on any atom is 0.418 e. The minimum Gasteiger partial charge on any atom is -0.324 e. The second-order valence-corrected chi connectivity index (χ2v) is 7.30. The Hall–Kier alpha value is -4.35. The zero-order valence-electron chi connectivity index (χ0n) is 17.6. The Morgan fingerprint density at radius 1 is 1.03 bits per heavy atom. The first kappa shape index (κ1) is 22.8. The standard InChI is InChI=1S/C22H17F4N7O/c1-12-18(22(24,25)26)6-15(9-27-12)32-20(34)5-13-2-3-17(19(23)4-13)14-7-28-21(29-8-14)33-16-10-30-31-11-16/h2-4,6-11H,5H2,1H3,(H,30,31)(H,32,34)(H,28,29,33). The number of alkyl halides is 3. The van der Waals surface area contributed by atoms with E-state index in [2.05, 4.69) is 35.8 Å². The van der Waals surface area contributed by atoms with Crippen molar-refractivity contribution in [2.45, 2.75) is 19.5 Å². The Morgan fingerprint density at radius 3 is 2.44 bits per heavy atom. The van der Waals surface area contributed by atoms with Crippen molar-refractivity contribution in [1.82, 2.24) is 25.1 Å². The molecule has 0 aliphatic heterocycles. The number of benzene rings is 1. The molecule has 34 heavy (non-hydrogen) atoms. The molecule has 0 atom stereocenters. The number of pyridine rings is 1. The van der Waals surface area contributed by atoms with Gasteiger partial charge in [0.2, 0.25) is 11.9 Å². The minimum absolute atomic E-state index is 0.0960. The van der Waals surface area contributed by atoms with Gasteiger partial charge < -0.3 is 10.6 Å². The smallest absolute Gasteiger partial charge is 0.324 e. The zero-order valence-corrected chi connectivity index (χ0v) is 17.6. The predicted molar refractivity (Wildman–Crippen MR) is 116 cm³/mol. The third kappa shape index (κ3) is 5.34. The summed E-state index contributed by atoms with van der Waals surface area (Å²) in [5.41, 5.74) is 0.437. The summed E-state index contributed by atoms with van der Waals surface area (Å²) in [7, 11) is 0. The number of anilines is 3. The lowest BCUT2D eigenvalue weighted by Crippen LogP contribution is -2.16. The van der Waals surface area contributed by atoms with Crippen LogP contribution in [0.3, 0.4) is 0 Å². The molecule has 4 aromatic rings. The number of hydrogen-bond donors (Lipinski definition) is 3. The molecule has 0 unspecified atom stereocenters. The summed E-state index contributed by atoms with van der Waals surface area (Å²) in [6.45, 7) is 1.23. The highest BCUT2D eigenvalue weighted by Gasteiger charge is 2.33. The van der Waals surface area contributed by atoms with Crippen LogP contribution in [0.5, 0.6) is 0 Å². The van der Waals surface area contributed by atoms with Gasteiger partial charge in [0.15, 0.2) is 0 Å². The van der Waals surface area contributed by atoms with E-state index in [1.807, 2.05) is 0 Å². The Kier molecular flexibility index (Phi) is 6.21. The van der Waals surface area contributed by atoms with Gasteiger partial charge in [-0.2, -0.15) is 18.3 Å². The van der Waals surface area contributed by atoms with Crippen LogP contribution in [0.2, 0.25) is 0 Å². The monoisotopic (exact) mass is 471 g/mol. The number of H-pyrrole nitrogens is 1. The number of aromatic nitrogens is 5. The average Bonchev–Trinajstić information content (AvgIpc) is 3.28. The normalized spacial score (nSPS) is 11.3. The summed E-state index contributed by atoms with van der Waals surface area (Å²) in [6.07, 6.45) is 2.38. The molecule has 0 saturated heterocycles. The lowest BCUT2D eigenvalue weighted by molar-refractivity contribution is -0.138. The van der Waals surface area contributed by atoms with E-state index in [-0.39, 0.29) is 23.4 Å². The summed E-state index contributed by atoms with van der Waals surface area (Å²) >= 11 is 0. The molecule has 12 heteroatoms. The first-order valence-corrected chi connectivity index (χ1v) is 9.89. The molecule has 0 saturated carbocycles. The highest BCUT2D eigenvalue weighted by atomic mass is 19.4. The van der Waals surface area contributed by atoms with Gasteiger partial charge in [0, 0.05) is 35.4 Å². The van der Waals surface area contributed by atoms with E-state index < -0.39 is 23.5 Å². The van der Waals surface area contributed by atoms with Crippen LogP contribution in [0.4, 0.5) is 34.9 Å². The van der Waals surface area contributed by atoms with Gasteiger partial charge in [-0.3, -0.25) is 14.9 Å². The summed E-state index contributed by atoms with van der Waals surface area (Å²) in [5.74, 6) is -0.900. The van der Waals surface area contributed by atoms with E-state index in [1.54, 1.807) is 18.5 Å². The molecule has 0 spiro atoms. The van der Waals surface area contributed by atoms with E-state index in [0.717, 1.165) is 12.3 Å². The van der Waals surface area contributed by atoms with Gasteiger partial charge in [-0.1, -0.05) is 12.1 Å². The molecule has 0 aliphatic carbocycles. The third-order valence-electron chi connectivity index (χ3n) is 4.79. The SMILES string of the molecule is Cc1ncc(NC(=O)Cc2ccc(-c3cnc(Nc4cn[nH]c4)nc3)c(F)c2)cc1C(F)(F)F. The van der Waals surface area contributed by atoms with Crippen molar-refractivity contribution in [2.24, 2.45) is 0 Å². The van der Waals surface area contributed by atoms with Crippen LogP contribution in [0.15, 0.2) is 55.2 Å². The fourth-order valence-electron chi connectivity index (χ4n) is 3.16. The van der Waals surface area contributed by atoms with Crippen LogP contribution in [0.1, 0.15) is 16.8 Å². The lowest BCUT2D eigenvalue weighted by Gasteiger charge is -2.12. The number of rotatable bonds is 6. The van der Waals surface area contributed by atoms with Crippen molar-refractivity contribution in [3.05, 3.63) is 77.9 Å². The van der Waals surface area contributed by atoms with Gasteiger partial charge in [-0.05, 0) is 24.6 Å². The van der Waals surface area contributed by atoms with Crippen LogP contribution in [-0.4, -0.2) is 31.1 Å². The van der Waals surface area contributed by atoms with Crippen LogP contribution in [0, 0.1) is 12.7 Å². The highest BCUT2D eigenvalue weighted by Crippen LogP contribution is 2.32. The molecule has 3 N–H and O–H groups in total. The molecule has 8 nitrogen and oxygen atoms in total. The quantitative estimate of drug-likeness (QED) is 0.353. The first-order chi connectivity index (χ1) is 16.2. The fourth-order valence-corrected chi connectivity index (χ4v) is 3.16. The van der Waals surface area contributed by atoms with Crippen LogP contribution >= 0.6 is 0 Å². The Labute approximate surface area is 190 Å². The number of halogens is 4. The molecule has 0 radical (unpaired) electrons. The van der Waals surface area contributed by atoms with Gasteiger partial charge in [0.1, 0.15) is 5.82 Å². The molecule has 3 heterocycles. The maximum atomic E-state index is 14.7. The van der Waals surface area contributed by atoms with Crippen molar-refractivity contribution in [3.63, 3.8) is 0 Å². The van der Waals surface area contributed by atoms with E-state index in [4.69, 9.17) is 0 Å². The first-order valence-electron chi connectivity index (χ1n) is 9.89. The van der Waals surface area contributed by atoms with Crippen LogP contribution < -0.4 is 10.6 Å². The molecule has 1 amide bonds. The van der Waals surface area contributed by atoms with Crippen molar-refractivity contribution in [1.29, 1.82) is 0 Å². The lowest BCUT2D eigenvalue weighted by atomic mass is 10.0. The van der Waals surface area contributed by atoms with E-state index >= 15 is 0 Å². The van der Waals surface area contributed by atoms with Crippen molar-refractivity contribution in [2.75, 3.05) is 10.6 Å². The number of nitrogens with zero attached hydrogens (tertiary/aromatic N) is 4. The number of carbonyl (C=O) groups is 1. The average molecular weight is 471 g/mol. The minimum atomic E-state index is -4.59. The number of amides is 1. The van der Waals surface area contributed by atoms with Gasteiger partial charge in [0.25, 0.3) is 0 Å². The van der Waals surface area contributed by atoms with E-state index in [0.29, 0.717) is 22.8 Å². The number of aryl methyl sites for hydroxylation is 1. The summed E-state index contributed by atoms with van der Waals surface area (Å²) in [6, 6.07) is 5.02. The number of nitrogens with one attached hydrogen (secondary N) is 3. The summed E-state index contributed by atoms with van der Waals surface area (Å²) < 4.78 is 53.8. The van der Waals surface area contributed by atoms with E-state index in [9.17, 15) is 22.4 Å². The van der Waals surface area contributed by atoms with Crippen molar-refractivity contribution < 1.29 is 22.4 Å². The molecule has 1 aromatic carbocycles. The van der Waals surface area contributed by atoms with Gasteiger partial charge in [-0.15, -0.1) is 0 Å². The molecular formula is C22H17F4N7O. The second kappa shape index (κ2) is 9.25. The van der Waals surface area contributed by atoms with Crippen LogP contribution in [-0.2, 0) is 17.4 Å². The third-order valence-corrected chi connectivity index (χ3v) is 4.79. The van der Waals surface area contributed by atoms with Gasteiger partial charge in [-0.25, -0.2) is 14.4 Å². The van der Waals surface area contributed by atoms with Crippen molar-refractivity contribution in [3.8, 4) is 11.1 Å². The van der Waals surface area contributed by atoms with Gasteiger partial charge >= 0.3 is 6.18 Å². The molecule has 4 rings (SSSR count). The highest BCUT2D eigenvalue weighted by molar-refractivity contribution is 5.92. The van der Waals surface area contributed by atoms with Crippen molar-refractivity contribution >= 4 is 23.2 Å². The number of carbonyl (C=O) groups excluding carboxylic acids is 1. The predicted octanol–water partition coefficient (Wildman–Crippen LogP) is 4.65. The van der Waals surface area contributed by atoms with E-state index in [1.165, 1.54) is 31.5 Å². The maximum absolute atomic E-state index is 14.7. The fraction of sp³-hybridized carbons (Fsp3) is 0.136. The Bertz CT molecular complexity index is 1310.